The van der Waals surface area contributed by atoms with E-state index < -0.39 is 27.6 Å². The fourth-order valence-electron chi connectivity index (χ4n) is 3.13. The number of carbonyl (C=O) groups excluding carboxylic acids is 2. The molecule has 158 valence electrons. The number of piperazine rings is 1. The number of carbonyl (C=O) groups is 2. The Kier molecular flexibility index (Phi) is 5.95. The molecule has 0 spiro atoms. The van der Waals surface area contributed by atoms with Gasteiger partial charge in [0, 0.05) is 32.2 Å². The van der Waals surface area contributed by atoms with Gasteiger partial charge in [-0.15, -0.1) is 0 Å². The van der Waals surface area contributed by atoms with Gasteiger partial charge in [0.2, 0.25) is 0 Å². The Balaban J connectivity index is 1.72. The molecule has 0 N–H and O–H groups in total. The van der Waals surface area contributed by atoms with E-state index in [0.717, 1.165) is 6.07 Å². The summed E-state index contributed by atoms with van der Waals surface area (Å²) < 4.78 is 9.82. The third-order valence-electron chi connectivity index (χ3n) is 4.57. The Morgan fingerprint density at radius 1 is 1.07 bits per heavy atom. The molecular formula is C18H18N4O8. The number of rotatable bonds is 6. The van der Waals surface area contributed by atoms with E-state index >= 15 is 0 Å². The summed E-state index contributed by atoms with van der Waals surface area (Å²) in [6.07, 6.45) is 0. The molecule has 1 aromatic carbocycles. The van der Waals surface area contributed by atoms with E-state index in [0.29, 0.717) is 18.8 Å². The molecule has 2 aromatic rings. The highest BCUT2D eigenvalue weighted by atomic mass is 16.6. The van der Waals surface area contributed by atoms with Crippen molar-refractivity contribution in [2.75, 3.05) is 37.7 Å². The van der Waals surface area contributed by atoms with Crippen LogP contribution in [-0.4, -0.2) is 59.4 Å². The van der Waals surface area contributed by atoms with Crippen molar-refractivity contribution in [3.63, 3.8) is 0 Å². The Morgan fingerprint density at radius 2 is 1.77 bits per heavy atom. The molecule has 12 nitrogen and oxygen atoms in total. The van der Waals surface area contributed by atoms with E-state index in [1.807, 2.05) is 0 Å². The van der Waals surface area contributed by atoms with E-state index in [-0.39, 0.29) is 36.7 Å². The zero-order valence-corrected chi connectivity index (χ0v) is 16.0. The number of furan rings is 1. The topological polar surface area (TPSA) is 149 Å². The maximum absolute atomic E-state index is 12.5. The third kappa shape index (κ3) is 4.21. The first-order valence-corrected chi connectivity index (χ1v) is 9.05. The summed E-state index contributed by atoms with van der Waals surface area (Å²) in [4.78, 5) is 48.4. The molecule has 0 bridgehead atoms. The molecule has 0 radical (unpaired) electrons. The third-order valence-corrected chi connectivity index (χ3v) is 4.57. The van der Waals surface area contributed by atoms with Crippen LogP contribution in [0.2, 0.25) is 0 Å². The molecule has 1 aliphatic rings. The lowest BCUT2D eigenvalue weighted by Gasteiger charge is -2.35. The van der Waals surface area contributed by atoms with E-state index in [9.17, 15) is 29.8 Å². The minimum atomic E-state index is -0.728. The number of ether oxygens (including phenoxy) is 1. The van der Waals surface area contributed by atoms with Crippen LogP contribution < -0.4 is 4.90 Å². The predicted octanol–water partition coefficient (Wildman–Crippen LogP) is 2.24. The molecule has 0 unspecified atom stereocenters. The fraction of sp³-hybridized carbons (Fsp3) is 0.333. The van der Waals surface area contributed by atoms with E-state index in [1.54, 1.807) is 11.8 Å². The van der Waals surface area contributed by atoms with Crippen molar-refractivity contribution >= 4 is 29.1 Å². The second-order valence-electron chi connectivity index (χ2n) is 6.36. The van der Waals surface area contributed by atoms with E-state index in [4.69, 9.17) is 9.15 Å². The van der Waals surface area contributed by atoms with Gasteiger partial charge in [-0.3, -0.25) is 25.0 Å². The van der Waals surface area contributed by atoms with Gasteiger partial charge in [0.25, 0.3) is 11.6 Å². The van der Waals surface area contributed by atoms with Crippen molar-refractivity contribution in [2.45, 2.75) is 6.92 Å². The van der Waals surface area contributed by atoms with Crippen LogP contribution >= 0.6 is 0 Å². The molecule has 0 aliphatic carbocycles. The molecule has 0 atom stereocenters. The van der Waals surface area contributed by atoms with Crippen LogP contribution in [0.25, 0.3) is 0 Å². The second kappa shape index (κ2) is 8.59. The van der Waals surface area contributed by atoms with Crippen LogP contribution in [0, 0.1) is 20.2 Å². The second-order valence-corrected chi connectivity index (χ2v) is 6.36. The van der Waals surface area contributed by atoms with Crippen molar-refractivity contribution in [1.82, 2.24) is 4.90 Å². The molecule has 1 fully saturated rings. The van der Waals surface area contributed by atoms with Crippen LogP contribution in [0.15, 0.2) is 34.7 Å². The monoisotopic (exact) mass is 418 g/mol. The SMILES string of the molecule is CCOC(=O)c1ccc(N2CCN(C(=O)c3ccc([N+](=O)[O-])o3)CC2)c([N+](=O)[O-])c1. The summed E-state index contributed by atoms with van der Waals surface area (Å²) >= 11 is 0. The van der Waals surface area contributed by atoms with Crippen LogP contribution in [-0.2, 0) is 4.74 Å². The number of nitrogens with zero attached hydrogens (tertiary/aromatic N) is 4. The highest BCUT2D eigenvalue weighted by Crippen LogP contribution is 2.30. The first kappa shape index (κ1) is 20.8. The lowest BCUT2D eigenvalue weighted by Crippen LogP contribution is -2.48. The van der Waals surface area contributed by atoms with Crippen LogP contribution in [0.5, 0.6) is 0 Å². The lowest BCUT2D eigenvalue weighted by molar-refractivity contribution is -0.402. The van der Waals surface area contributed by atoms with Gasteiger partial charge in [-0.05, 0) is 25.1 Å². The number of hydrogen-bond donors (Lipinski definition) is 0. The zero-order valence-electron chi connectivity index (χ0n) is 16.0. The lowest BCUT2D eigenvalue weighted by atomic mass is 10.1. The van der Waals surface area contributed by atoms with Gasteiger partial charge in [-0.2, -0.15) is 0 Å². The molecule has 3 rings (SSSR count). The molecule has 1 saturated heterocycles. The van der Waals surface area contributed by atoms with E-state index in [2.05, 4.69) is 0 Å². The highest BCUT2D eigenvalue weighted by molar-refractivity contribution is 5.92. The normalized spacial score (nSPS) is 13.8. The van der Waals surface area contributed by atoms with Crippen molar-refractivity contribution in [3.05, 3.63) is 61.9 Å². The Morgan fingerprint density at radius 3 is 2.33 bits per heavy atom. The summed E-state index contributed by atoms with van der Waals surface area (Å²) in [6.45, 7) is 2.88. The van der Waals surface area contributed by atoms with Crippen molar-refractivity contribution in [1.29, 1.82) is 0 Å². The van der Waals surface area contributed by atoms with Gasteiger partial charge in [-0.1, -0.05) is 0 Å². The van der Waals surface area contributed by atoms with Crippen LogP contribution in [0.3, 0.4) is 0 Å². The molecule has 0 saturated carbocycles. The van der Waals surface area contributed by atoms with Gasteiger partial charge in [-0.25, -0.2) is 4.79 Å². The first-order valence-electron chi connectivity index (χ1n) is 9.05. The Hall–Kier alpha value is -3.96. The molecule has 2 heterocycles. The van der Waals surface area contributed by atoms with Gasteiger partial charge >= 0.3 is 11.9 Å². The minimum absolute atomic E-state index is 0.0838. The highest BCUT2D eigenvalue weighted by Gasteiger charge is 2.29. The first-order chi connectivity index (χ1) is 14.3. The van der Waals surface area contributed by atoms with Crippen LogP contribution in [0.1, 0.15) is 27.8 Å². The molecule has 1 amide bonds. The molecule has 30 heavy (non-hydrogen) atoms. The molecule has 12 heteroatoms. The molecule has 1 aliphatic heterocycles. The van der Waals surface area contributed by atoms with Gasteiger partial charge in [0.15, 0.2) is 5.76 Å². The predicted molar refractivity (Wildman–Crippen MR) is 103 cm³/mol. The minimum Gasteiger partial charge on any atom is -0.462 e. The molecule has 1 aromatic heterocycles. The standard InChI is InChI=1S/C18H18N4O8/c1-2-29-18(24)12-3-4-13(14(11-12)21(25)26)19-7-9-20(10-8-19)17(23)15-5-6-16(30-15)22(27)28/h3-6,11H,2,7-10H2,1H3. The van der Waals surface area contributed by atoms with Crippen molar-refractivity contribution in [3.8, 4) is 0 Å². The summed E-state index contributed by atoms with van der Waals surface area (Å²) in [7, 11) is 0. The zero-order chi connectivity index (χ0) is 21.8. The average molecular weight is 418 g/mol. The number of benzene rings is 1. The number of esters is 1. The van der Waals surface area contributed by atoms with Crippen LogP contribution in [0.4, 0.5) is 17.3 Å². The van der Waals surface area contributed by atoms with Gasteiger partial charge in [0.05, 0.1) is 23.2 Å². The number of hydrogen-bond acceptors (Lipinski definition) is 9. The van der Waals surface area contributed by atoms with Gasteiger partial charge < -0.3 is 19.0 Å². The summed E-state index contributed by atoms with van der Waals surface area (Å²) in [5.41, 5.74) is 0.177. The summed E-state index contributed by atoms with van der Waals surface area (Å²) in [5.74, 6) is -1.79. The number of amides is 1. The average Bonchev–Trinajstić information content (AvgIpc) is 3.24. The maximum Gasteiger partial charge on any atom is 0.433 e. The fourth-order valence-corrected chi connectivity index (χ4v) is 3.13. The largest absolute Gasteiger partial charge is 0.462 e. The van der Waals surface area contributed by atoms with Crippen molar-refractivity contribution < 1.29 is 28.6 Å². The molecular weight excluding hydrogens is 400 g/mol. The summed E-state index contributed by atoms with van der Waals surface area (Å²) in [6, 6.07) is 6.47. The van der Waals surface area contributed by atoms with Crippen molar-refractivity contribution in [2.24, 2.45) is 0 Å². The maximum atomic E-state index is 12.5. The van der Waals surface area contributed by atoms with Gasteiger partial charge in [0.1, 0.15) is 10.6 Å². The van der Waals surface area contributed by atoms with E-state index in [1.165, 1.54) is 29.2 Å². The quantitative estimate of drug-likeness (QED) is 0.391. The number of anilines is 1. The Labute approximate surface area is 169 Å². The number of nitro benzene ring substituents is 1. The smallest absolute Gasteiger partial charge is 0.433 e. The number of nitro groups is 2. The summed E-state index contributed by atoms with van der Waals surface area (Å²) in [5, 5.41) is 22.2. The Bertz CT molecular complexity index is 994.